The van der Waals surface area contributed by atoms with Crippen LogP contribution in [-0.4, -0.2) is 48.8 Å². The molecule has 0 aromatic heterocycles. The molecule has 16 heavy (non-hydrogen) atoms. The molecule has 0 radical (unpaired) electrons. The lowest BCUT2D eigenvalue weighted by Gasteiger charge is -2.19. The topological polar surface area (TPSA) is 87.7 Å². The average Bonchev–Trinajstić information content (AvgIpc) is 2.07. The predicted octanol–water partition coefficient (Wildman–Crippen LogP) is -0.408. The number of nitrogens with one attached hydrogen (secondary N) is 2. The normalized spacial score (nSPS) is 11.2. The van der Waals surface area contributed by atoms with Crippen LogP contribution in [0.4, 0.5) is 0 Å². The van der Waals surface area contributed by atoms with E-state index in [4.69, 9.17) is 9.84 Å². The molecule has 0 aromatic carbocycles. The van der Waals surface area contributed by atoms with E-state index >= 15 is 0 Å². The fraction of sp³-hybridized carbons (Fsp3) is 0.800. The van der Waals surface area contributed by atoms with Gasteiger partial charge in [0.15, 0.2) is 0 Å². The molecule has 0 rings (SSSR count). The molecular weight excluding hydrogens is 212 g/mol. The number of esters is 1. The zero-order chi connectivity index (χ0) is 12.6. The molecule has 0 atom stereocenters. The molecule has 0 aliphatic heterocycles. The number of carbonyl (C=O) groups excluding carboxylic acids is 1. The van der Waals surface area contributed by atoms with Crippen LogP contribution >= 0.6 is 0 Å². The molecule has 0 aliphatic carbocycles. The summed E-state index contributed by atoms with van der Waals surface area (Å²) in [6, 6.07) is 0. The van der Waals surface area contributed by atoms with Crippen LogP contribution < -0.4 is 10.6 Å². The summed E-state index contributed by atoms with van der Waals surface area (Å²) < 4.78 is 5.07. The maximum absolute atomic E-state index is 11.2. The van der Waals surface area contributed by atoms with Crippen molar-refractivity contribution in [3.05, 3.63) is 0 Å². The van der Waals surface area contributed by atoms with E-state index in [0.717, 1.165) is 0 Å². The Bertz CT molecular complexity index is 235. The molecule has 0 bridgehead atoms. The number of ether oxygens (including phenoxy) is 1. The number of hydrogen-bond donors (Lipinski definition) is 3. The second-order valence-electron chi connectivity index (χ2n) is 4.33. The Morgan fingerprint density at radius 1 is 1.12 bits per heavy atom. The third kappa shape index (κ3) is 10.9. The van der Waals surface area contributed by atoms with Crippen LogP contribution in [0.15, 0.2) is 0 Å². The Kier molecular flexibility index (Phi) is 6.67. The maximum atomic E-state index is 11.2. The van der Waals surface area contributed by atoms with E-state index in [-0.39, 0.29) is 19.1 Å². The Morgan fingerprint density at radius 3 is 2.06 bits per heavy atom. The Labute approximate surface area is 95.4 Å². The summed E-state index contributed by atoms with van der Waals surface area (Å²) in [7, 11) is 0. The van der Waals surface area contributed by atoms with Gasteiger partial charge in [-0.25, -0.2) is 0 Å². The molecule has 3 N–H and O–H groups in total. The molecule has 0 heterocycles. The first-order valence-electron chi connectivity index (χ1n) is 5.16. The predicted molar refractivity (Wildman–Crippen MR) is 59.2 cm³/mol. The molecule has 6 heteroatoms. The van der Waals surface area contributed by atoms with Crippen molar-refractivity contribution >= 4 is 11.9 Å². The minimum absolute atomic E-state index is 0.0753. The minimum Gasteiger partial charge on any atom is -0.480 e. The van der Waals surface area contributed by atoms with Gasteiger partial charge in [0, 0.05) is 13.1 Å². The highest BCUT2D eigenvalue weighted by atomic mass is 16.6. The van der Waals surface area contributed by atoms with Crippen molar-refractivity contribution in [1.82, 2.24) is 10.6 Å². The van der Waals surface area contributed by atoms with Crippen LogP contribution in [0.25, 0.3) is 0 Å². The van der Waals surface area contributed by atoms with Crippen molar-refractivity contribution in [3.8, 4) is 0 Å². The minimum atomic E-state index is -0.896. The second kappa shape index (κ2) is 7.19. The molecule has 94 valence electrons. The smallest absolute Gasteiger partial charge is 0.320 e. The lowest BCUT2D eigenvalue weighted by molar-refractivity contribution is -0.153. The van der Waals surface area contributed by atoms with Gasteiger partial charge >= 0.3 is 11.9 Å². The van der Waals surface area contributed by atoms with E-state index in [0.29, 0.717) is 13.1 Å². The molecule has 0 saturated heterocycles. The first-order chi connectivity index (χ1) is 7.31. The van der Waals surface area contributed by atoms with Gasteiger partial charge in [0.2, 0.25) is 0 Å². The van der Waals surface area contributed by atoms with Crippen molar-refractivity contribution in [2.75, 3.05) is 26.2 Å². The van der Waals surface area contributed by atoms with Gasteiger partial charge < -0.3 is 20.5 Å². The SMILES string of the molecule is CC(C)(C)OC(=O)CNCCNCC(=O)O. The molecule has 0 unspecified atom stereocenters. The molecular formula is C10H20N2O4. The monoisotopic (exact) mass is 232 g/mol. The van der Waals surface area contributed by atoms with Crippen molar-refractivity contribution < 1.29 is 19.4 Å². The van der Waals surface area contributed by atoms with Gasteiger partial charge in [-0.1, -0.05) is 0 Å². The van der Waals surface area contributed by atoms with Crippen LogP contribution in [0.1, 0.15) is 20.8 Å². The van der Waals surface area contributed by atoms with Crippen molar-refractivity contribution in [2.45, 2.75) is 26.4 Å². The van der Waals surface area contributed by atoms with E-state index in [2.05, 4.69) is 10.6 Å². The molecule has 0 fully saturated rings. The van der Waals surface area contributed by atoms with Crippen LogP contribution in [0.2, 0.25) is 0 Å². The average molecular weight is 232 g/mol. The van der Waals surface area contributed by atoms with E-state index in [9.17, 15) is 9.59 Å². The molecule has 0 spiro atoms. The lowest BCUT2D eigenvalue weighted by atomic mass is 10.2. The summed E-state index contributed by atoms with van der Waals surface area (Å²) in [5.74, 6) is -1.21. The Balaban J connectivity index is 3.38. The van der Waals surface area contributed by atoms with E-state index < -0.39 is 11.6 Å². The van der Waals surface area contributed by atoms with Crippen molar-refractivity contribution in [3.63, 3.8) is 0 Å². The molecule has 0 amide bonds. The summed E-state index contributed by atoms with van der Waals surface area (Å²) in [6.07, 6.45) is 0. The first-order valence-corrected chi connectivity index (χ1v) is 5.16. The summed E-state index contributed by atoms with van der Waals surface area (Å²) in [6.45, 7) is 6.49. The highest BCUT2D eigenvalue weighted by Crippen LogP contribution is 2.05. The summed E-state index contributed by atoms with van der Waals surface area (Å²) in [5.41, 5.74) is -0.472. The Hall–Kier alpha value is -1.14. The van der Waals surface area contributed by atoms with Gasteiger partial charge in [-0.3, -0.25) is 9.59 Å². The molecule has 0 saturated carbocycles. The van der Waals surface area contributed by atoms with Gasteiger partial charge in [0.1, 0.15) is 5.60 Å². The first kappa shape index (κ1) is 14.9. The zero-order valence-electron chi connectivity index (χ0n) is 10.0. The number of aliphatic carboxylic acids is 1. The molecule has 6 nitrogen and oxygen atoms in total. The van der Waals surface area contributed by atoms with Gasteiger partial charge in [-0.15, -0.1) is 0 Å². The number of carbonyl (C=O) groups is 2. The van der Waals surface area contributed by atoms with E-state index in [1.165, 1.54) is 0 Å². The fourth-order valence-electron chi connectivity index (χ4n) is 0.940. The lowest BCUT2D eigenvalue weighted by Crippen LogP contribution is -2.36. The van der Waals surface area contributed by atoms with Crippen molar-refractivity contribution in [2.24, 2.45) is 0 Å². The van der Waals surface area contributed by atoms with E-state index in [1.807, 2.05) is 0 Å². The zero-order valence-corrected chi connectivity index (χ0v) is 10.0. The summed E-state index contributed by atoms with van der Waals surface area (Å²) >= 11 is 0. The molecule has 0 aliphatic rings. The van der Waals surface area contributed by atoms with E-state index in [1.54, 1.807) is 20.8 Å². The third-order valence-electron chi connectivity index (χ3n) is 1.44. The van der Waals surface area contributed by atoms with Gasteiger partial charge in [-0.2, -0.15) is 0 Å². The standard InChI is InChI=1S/C10H20N2O4/c1-10(2,3)16-9(15)7-12-5-4-11-6-8(13)14/h11-12H,4-7H2,1-3H3,(H,13,14). The third-order valence-corrected chi connectivity index (χ3v) is 1.44. The molecule has 0 aromatic rings. The number of rotatable bonds is 7. The number of carboxylic acid groups (broad SMARTS) is 1. The van der Waals surface area contributed by atoms with Gasteiger partial charge in [0.25, 0.3) is 0 Å². The van der Waals surface area contributed by atoms with Gasteiger partial charge in [0.05, 0.1) is 13.1 Å². The van der Waals surface area contributed by atoms with Crippen LogP contribution in [-0.2, 0) is 14.3 Å². The van der Waals surface area contributed by atoms with Crippen molar-refractivity contribution in [1.29, 1.82) is 0 Å². The van der Waals surface area contributed by atoms with Gasteiger partial charge in [-0.05, 0) is 20.8 Å². The quantitative estimate of drug-likeness (QED) is 0.408. The summed E-state index contributed by atoms with van der Waals surface area (Å²) in [4.78, 5) is 21.3. The second-order valence-corrected chi connectivity index (χ2v) is 4.33. The highest BCUT2D eigenvalue weighted by molar-refractivity contribution is 5.72. The number of hydrogen-bond acceptors (Lipinski definition) is 5. The fourth-order valence-corrected chi connectivity index (χ4v) is 0.940. The van der Waals surface area contributed by atoms with Crippen LogP contribution in [0, 0.1) is 0 Å². The van der Waals surface area contributed by atoms with Crippen LogP contribution in [0.3, 0.4) is 0 Å². The Morgan fingerprint density at radius 2 is 1.62 bits per heavy atom. The largest absolute Gasteiger partial charge is 0.480 e. The number of carboxylic acids is 1. The summed E-state index contributed by atoms with van der Waals surface area (Å²) in [5, 5.41) is 13.9. The maximum Gasteiger partial charge on any atom is 0.320 e. The highest BCUT2D eigenvalue weighted by Gasteiger charge is 2.15. The van der Waals surface area contributed by atoms with Crippen LogP contribution in [0.5, 0.6) is 0 Å².